The van der Waals surface area contributed by atoms with Crippen molar-refractivity contribution in [3.05, 3.63) is 18.2 Å². The van der Waals surface area contributed by atoms with E-state index in [1.165, 1.54) is 0 Å². The Morgan fingerprint density at radius 2 is 2.11 bits per heavy atom. The minimum Gasteiger partial charge on any atom is -0.479 e. The molecule has 1 aromatic heterocycles. The molecule has 1 rings (SSSR count). The molecule has 0 aliphatic rings. The van der Waals surface area contributed by atoms with Crippen molar-refractivity contribution in [1.82, 2.24) is 20.6 Å². The summed E-state index contributed by atoms with van der Waals surface area (Å²) in [5, 5.41) is 22.4. The van der Waals surface area contributed by atoms with E-state index in [1.807, 2.05) is 0 Å². The van der Waals surface area contributed by atoms with Crippen LogP contribution in [0.3, 0.4) is 0 Å². The van der Waals surface area contributed by atoms with E-state index in [9.17, 15) is 9.59 Å². The maximum Gasteiger partial charge on any atom is 0.332 e. The molecule has 0 saturated carbocycles. The average Bonchev–Trinajstić information content (AvgIpc) is 2.81. The molecule has 0 bridgehead atoms. The van der Waals surface area contributed by atoms with E-state index in [1.54, 1.807) is 12.4 Å². The predicted molar refractivity (Wildman–Crippen MR) is 62.0 cm³/mol. The first-order valence-electron chi connectivity index (χ1n) is 5.50. The number of hydrogen-bond acceptors (Lipinski definition) is 4. The van der Waals surface area contributed by atoms with Gasteiger partial charge >= 0.3 is 12.0 Å². The second-order valence-corrected chi connectivity index (χ2v) is 3.61. The first kappa shape index (κ1) is 14.0. The fraction of sp³-hybridized carbons (Fsp3) is 0.500. The third-order valence-electron chi connectivity index (χ3n) is 2.19. The van der Waals surface area contributed by atoms with Crippen LogP contribution in [0.5, 0.6) is 0 Å². The molecule has 1 heterocycles. The number of aromatic nitrogens is 2. The van der Waals surface area contributed by atoms with E-state index in [0.717, 1.165) is 5.82 Å². The molecule has 18 heavy (non-hydrogen) atoms. The second kappa shape index (κ2) is 7.28. The maximum atomic E-state index is 11.2. The van der Waals surface area contributed by atoms with Gasteiger partial charge in [-0.3, -0.25) is 0 Å². The number of aliphatic hydroxyl groups is 1. The minimum absolute atomic E-state index is 0.0268. The second-order valence-electron chi connectivity index (χ2n) is 3.61. The number of carbonyl (C=O) groups is 2. The molecule has 8 nitrogen and oxygen atoms in total. The van der Waals surface area contributed by atoms with Gasteiger partial charge in [0.25, 0.3) is 0 Å². The van der Waals surface area contributed by atoms with Crippen molar-refractivity contribution in [2.24, 2.45) is 0 Å². The van der Waals surface area contributed by atoms with Gasteiger partial charge < -0.3 is 25.8 Å². The number of aromatic amines is 1. The van der Waals surface area contributed by atoms with Gasteiger partial charge in [0.15, 0.2) is 6.10 Å². The lowest BCUT2D eigenvalue weighted by Gasteiger charge is -2.08. The van der Waals surface area contributed by atoms with Crippen LogP contribution in [0.15, 0.2) is 12.4 Å². The van der Waals surface area contributed by atoms with Crippen LogP contribution in [0.2, 0.25) is 0 Å². The van der Waals surface area contributed by atoms with E-state index in [-0.39, 0.29) is 13.0 Å². The number of aliphatic hydroxyl groups excluding tert-OH is 1. The van der Waals surface area contributed by atoms with Crippen molar-refractivity contribution in [2.75, 3.05) is 13.1 Å². The summed E-state index contributed by atoms with van der Waals surface area (Å²) in [6.45, 7) is 0.515. The molecule has 0 aromatic carbocycles. The number of urea groups is 1. The molecule has 0 fully saturated rings. The number of carboxylic acids is 1. The highest BCUT2D eigenvalue weighted by Gasteiger charge is 2.12. The van der Waals surface area contributed by atoms with Gasteiger partial charge in [-0.15, -0.1) is 0 Å². The molecule has 0 radical (unpaired) electrons. The number of aliphatic carboxylic acids is 1. The highest BCUT2D eigenvalue weighted by Crippen LogP contribution is 1.90. The Morgan fingerprint density at radius 3 is 2.72 bits per heavy atom. The van der Waals surface area contributed by atoms with Crippen LogP contribution in [-0.2, 0) is 11.2 Å². The molecule has 0 aliphatic carbocycles. The van der Waals surface area contributed by atoms with Crippen molar-refractivity contribution in [3.8, 4) is 0 Å². The summed E-state index contributed by atoms with van der Waals surface area (Å²) in [5.41, 5.74) is 0. The largest absolute Gasteiger partial charge is 0.479 e. The molecule has 100 valence electrons. The number of H-pyrrole nitrogens is 1. The summed E-state index contributed by atoms with van der Waals surface area (Å²) in [4.78, 5) is 28.4. The van der Waals surface area contributed by atoms with Gasteiger partial charge in [0.2, 0.25) is 0 Å². The predicted octanol–water partition coefficient (Wildman–Crippen LogP) is -0.913. The lowest BCUT2D eigenvalue weighted by Crippen LogP contribution is -2.38. The quantitative estimate of drug-likeness (QED) is 0.431. The molecule has 0 saturated heterocycles. The molecular formula is C10H16N4O4. The first-order valence-corrected chi connectivity index (χ1v) is 5.50. The van der Waals surface area contributed by atoms with Gasteiger partial charge in [0.05, 0.1) is 0 Å². The zero-order valence-corrected chi connectivity index (χ0v) is 9.72. The highest BCUT2D eigenvalue weighted by atomic mass is 16.4. The Bertz CT molecular complexity index is 379. The van der Waals surface area contributed by atoms with Gasteiger partial charge in [-0.05, 0) is 0 Å². The third-order valence-corrected chi connectivity index (χ3v) is 2.19. The van der Waals surface area contributed by atoms with Crippen LogP contribution in [0.25, 0.3) is 0 Å². The standard InChI is InChI=1S/C10H16N4O4/c15-7(9(16)17)1-3-13-10(18)14-4-2-8-11-5-6-12-8/h5-7,15H,1-4H2,(H,11,12)(H,16,17)(H2,13,14,18)/t7-/m0/s1. The van der Waals surface area contributed by atoms with Crippen LogP contribution >= 0.6 is 0 Å². The number of rotatable bonds is 7. The van der Waals surface area contributed by atoms with Crippen molar-refractivity contribution >= 4 is 12.0 Å². The number of hydrogen-bond donors (Lipinski definition) is 5. The summed E-state index contributed by atoms with van der Waals surface area (Å²) in [6.07, 6.45) is 2.43. The normalized spacial score (nSPS) is 11.8. The summed E-state index contributed by atoms with van der Waals surface area (Å²) in [7, 11) is 0. The lowest BCUT2D eigenvalue weighted by molar-refractivity contribution is -0.146. The lowest BCUT2D eigenvalue weighted by atomic mass is 10.2. The summed E-state index contributed by atoms with van der Waals surface area (Å²) in [6, 6.07) is -0.404. The average molecular weight is 256 g/mol. The summed E-state index contributed by atoms with van der Waals surface area (Å²) in [5.74, 6) is -0.522. The van der Waals surface area contributed by atoms with Crippen LogP contribution < -0.4 is 10.6 Å². The first-order chi connectivity index (χ1) is 8.59. The van der Waals surface area contributed by atoms with Gasteiger partial charge in [-0.25, -0.2) is 14.6 Å². The zero-order chi connectivity index (χ0) is 13.4. The molecule has 0 aliphatic heterocycles. The molecule has 2 amide bonds. The van der Waals surface area contributed by atoms with E-state index >= 15 is 0 Å². The molecule has 0 unspecified atom stereocenters. The molecule has 8 heteroatoms. The number of nitrogens with one attached hydrogen (secondary N) is 3. The Labute approximate surface area is 103 Å². The van der Waals surface area contributed by atoms with E-state index < -0.39 is 18.1 Å². The van der Waals surface area contributed by atoms with E-state index in [0.29, 0.717) is 13.0 Å². The fourth-order valence-corrected chi connectivity index (χ4v) is 1.24. The molecule has 1 aromatic rings. The van der Waals surface area contributed by atoms with Crippen molar-refractivity contribution in [3.63, 3.8) is 0 Å². The Kier molecular flexibility index (Phi) is 5.65. The number of carboxylic acid groups (broad SMARTS) is 1. The van der Waals surface area contributed by atoms with Gasteiger partial charge in [-0.2, -0.15) is 0 Å². The fourth-order valence-electron chi connectivity index (χ4n) is 1.24. The SMILES string of the molecule is O=C(NCCc1ncc[nH]1)NCC[C@H](O)C(=O)O. The number of imidazole rings is 1. The molecule has 5 N–H and O–H groups in total. The molecule has 1 atom stereocenters. The number of nitrogens with zero attached hydrogens (tertiary/aromatic N) is 1. The van der Waals surface area contributed by atoms with Gasteiger partial charge in [-0.1, -0.05) is 0 Å². The van der Waals surface area contributed by atoms with Crippen LogP contribution in [0.4, 0.5) is 4.79 Å². The van der Waals surface area contributed by atoms with Gasteiger partial charge in [0, 0.05) is 38.3 Å². The van der Waals surface area contributed by atoms with Crippen molar-refractivity contribution in [1.29, 1.82) is 0 Å². The highest BCUT2D eigenvalue weighted by molar-refractivity contribution is 5.74. The van der Waals surface area contributed by atoms with Crippen LogP contribution in [0.1, 0.15) is 12.2 Å². The summed E-state index contributed by atoms with van der Waals surface area (Å²) >= 11 is 0. The zero-order valence-electron chi connectivity index (χ0n) is 9.72. The summed E-state index contributed by atoms with van der Waals surface area (Å²) < 4.78 is 0. The monoisotopic (exact) mass is 256 g/mol. The molecular weight excluding hydrogens is 240 g/mol. The topological polar surface area (TPSA) is 127 Å². The van der Waals surface area contributed by atoms with E-state index in [2.05, 4.69) is 20.6 Å². The number of amides is 2. The Hall–Kier alpha value is -2.09. The minimum atomic E-state index is -1.45. The van der Waals surface area contributed by atoms with Crippen molar-refractivity contribution < 1.29 is 19.8 Å². The molecule has 0 spiro atoms. The van der Waals surface area contributed by atoms with Crippen molar-refractivity contribution in [2.45, 2.75) is 18.9 Å². The maximum absolute atomic E-state index is 11.2. The Morgan fingerprint density at radius 1 is 1.39 bits per heavy atom. The van der Waals surface area contributed by atoms with Crippen LogP contribution in [0, 0.1) is 0 Å². The van der Waals surface area contributed by atoms with Gasteiger partial charge in [0.1, 0.15) is 5.82 Å². The van der Waals surface area contributed by atoms with E-state index in [4.69, 9.17) is 10.2 Å². The third kappa shape index (κ3) is 5.30. The Balaban J connectivity index is 2.05. The van der Waals surface area contributed by atoms with Crippen LogP contribution in [-0.4, -0.2) is 51.4 Å². The number of carbonyl (C=O) groups excluding carboxylic acids is 1. The smallest absolute Gasteiger partial charge is 0.332 e.